The van der Waals surface area contributed by atoms with Crippen LogP contribution in [0.3, 0.4) is 0 Å². The van der Waals surface area contributed by atoms with Gasteiger partial charge in [-0.3, -0.25) is 4.90 Å². The second-order valence-electron chi connectivity index (χ2n) is 14.4. The van der Waals surface area contributed by atoms with E-state index in [-0.39, 0.29) is 70.6 Å². The number of rotatable bonds is 9. The third kappa shape index (κ3) is 4.18. The minimum absolute atomic E-state index is 0.0422. The first-order chi connectivity index (χ1) is 21.8. The maximum atomic E-state index is 13.7. The van der Waals surface area contributed by atoms with E-state index in [0.29, 0.717) is 6.61 Å². The number of thioether (sulfide) groups is 1. The predicted octanol–water partition coefficient (Wildman–Crippen LogP) is 3.75. The molecule has 9 nitrogen and oxygen atoms in total. The fourth-order valence-electron chi connectivity index (χ4n) is 12.1. The van der Waals surface area contributed by atoms with Crippen LogP contribution >= 0.6 is 11.8 Å². The summed E-state index contributed by atoms with van der Waals surface area (Å²) < 4.78 is 69.6. The van der Waals surface area contributed by atoms with Gasteiger partial charge in [0.25, 0.3) is 0 Å². The van der Waals surface area contributed by atoms with Gasteiger partial charge in [0.1, 0.15) is 11.7 Å². The number of nitrogens with zero attached hydrogens (tertiary/aromatic N) is 1. The Hall–Kier alpha value is -1.45. The monoisotopic (exact) mass is 671 g/mol. The molecule has 1 aliphatic heterocycles. The first-order valence-corrected chi connectivity index (χ1v) is 16.9. The van der Waals surface area contributed by atoms with E-state index >= 15 is 0 Å². The molecule has 1 aromatic rings. The molecule has 1 aromatic carbocycles. The van der Waals surface area contributed by atoms with E-state index in [0.717, 1.165) is 25.9 Å². The zero-order valence-electron chi connectivity index (χ0n) is 26.8. The van der Waals surface area contributed by atoms with Crippen molar-refractivity contribution in [2.24, 2.45) is 34.5 Å². The highest BCUT2D eigenvalue weighted by molar-refractivity contribution is 8.00. The minimum Gasteiger partial charge on any atom is -0.455 e. The Morgan fingerprint density at radius 3 is 2.28 bits per heavy atom. The lowest BCUT2D eigenvalue weighted by Crippen LogP contribution is -2.77. The molecule has 7 rings (SSSR count). The number of esters is 1. The molecule has 6 fully saturated rings. The van der Waals surface area contributed by atoms with Crippen LogP contribution in [0.1, 0.15) is 43.0 Å². The normalized spacial score (nSPS) is 47.2. The summed E-state index contributed by atoms with van der Waals surface area (Å²) in [5, 5.41) is 25.7. The average Bonchev–Trinajstić information content (AvgIpc) is 3.39. The van der Waals surface area contributed by atoms with E-state index in [9.17, 15) is 28.2 Å². The largest absolute Gasteiger partial charge is 0.455 e. The number of likely N-dealkylation sites (tertiary alicyclic amines) is 1. The smallest absolute Gasteiger partial charge is 0.446 e. The van der Waals surface area contributed by atoms with Gasteiger partial charge in [0, 0.05) is 80.9 Å². The van der Waals surface area contributed by atoms with Crippen LogP contribution in [0.25, 0.3) is 0 Å². The van der Waals surface area contributed by atoms with Crippen LogP contribution in [0.2, 0.25) is 0 Å². The van der Waals surface area contributed by atoms with Crippen molar-refractivity contribution in [1.29, 1.82) is 0 Å². The molecule has 1 heterocycles. The van der Waals surface area contributed by atoms with Crippen molar-refractivity contribution in [3.8, 4) is 0 Å². The molecule has 256 valence electrons. The van der Waals surface area contributed by atoms with Gasteiger partial charge in [-0.15, -0.1) is 0 Å². The third-order valence-corrected chi connectivity index (χ3v) is 13.7. The summed E-state index contributed by atoms with van der Waals surface area (Å²) in [6.45, 7) is 4.20. The van der Waals surface area contributed by atoms with Crippen molar-refractivity contribution >= 4 is 17.7 Å². The van der Waals surface area contributed by atoms with Crippen LogP contribution in [-0.4, -0.2) is 116 Å². The molecule has 0 aromatic heterocycles. The Labute approximate surface area is 271 Å². The lowest BCUT2D eigenvalue weighted by Gasteiger charge is -2.69. The molecule has 13 atom stereocenters. The van der Waals surface area contributed by atoms with Crippen LogP contribution in [0.4, 0.5) is 13.2 Å². The van der Waals surface area contributed by atoms with Crippen molar-refractivity contribution in [3.63, 3.8) is 0 Å². The second-order valence-corrected chi connectivity index (χ2v) is 15.6. The zero-order chi connectivity index (χ0) is 33.0. The van der Waals surface area contributed by atoms with Crippen LogP contribution in [-0.2, 0) is 23.7 Å². The molecule has 1 saturated heterocycles. The number of alkyl halides is 3. The second kappa shape index (κ2) is 11.0. The summed E-state index contributed by atoms with van der Waals surface area (Å²) in [6.07, 6.45) is -0.471. The Morgan fingerprint density at radius 1 is 1.00 bits per heavy atom. The van der Waals surface area contributed by atoms with Gasteiger partial charge in [-0.05, 0) is 67.8 Å². The number of fused-ring (bicyclic) bond motifs is 2. The van der Waals surface area contributed by atoms with Gasteiger partial charge in [0.2, 0.25) is 0 Å². The summed E-state index contributed by atoms with van der Waals surface area (Å²) >= 11 is -0.265. The third-order valence-electron chi connectivity index (χ3n) is 13.0. The van der Waals surface area contributed by atoms with Gasteiger partial charge in [0.15, 0.2) is 0 Å². The molecule has 6 aliphatic rings. The van der Waals surface area contributed by atoms with E-state index in [2.05, 4.69) is 11.8 Å². The summed E-state index contributed by atoms with van der Waals surface area (Å²) in [5.74, 6) is -2.17. The molecular formula is C33H44F3NO8S. The first kappa shape index (κ1) is 33.1. The number of carbonyl (C=O) groups is 1. The van der Waals surface area contributed by atoms with Gasteiger partial charge in [-0.25, -0.2) is 4.79 Å². The van der Waals surface area contributed by atoms with Crippen molar-refractivity contribution in [3.05, 3.63) is 29.8 Å². The standard InChI is InChI=1S/C33H44F3NO8S/c1-6-37-15-29(16-41-2)12-11-20(42-3)32-19-13-30(39)21(43-4)14-31(40,23(26(32)37)24(44-5)25(29)32)22(19)27(30)45-28(38)17-7-9-18(10-8-17)46-33(34,35)36/h7-10,19-27,39-40H,6,11-16H2,1-5H3/t19-,20?,21+,22-,23+,24+,25-,26-,27-,29+,30-,31-,32+/m1/s1. The molecule has 2 N–H and O–H groups in total. The molecule has 0 radical (unpaired) electrons. The Kier molecular flexibility index (Phi) is 7.93. The van der Waals surface area contributed by atoms with Crippen LogP contribution in [0.15, 0.2) is 29.2 Å². The number of hydrogen-bond acceptors (Lipinski definition) is 10. The van der Waals surface area contributed by atoms with Crippen molar-refractivity contribution < 1.29 is 51.9 Å². The van der Waals surface area contributed by atoms with E-state index in [4.69, 9.17) is 23.7 Å². The van der Waals surface area contributed by atoms with Crippen LogP contribution in [0, 0.1) is 34.5 Å². The lowest BCUT2D eigenvalue weighted by atomic mass is 9.43. The minimum atomic E-state index is -4.46. The summed E-state index contributed by atoms with van der Waals surface area (Å²) in [4.78, 5) is 16.1. The highest BCUT2D eigenvalue weighted by Gasteiger charge is 2.88. The topological polar surface area (TPSA) is 107 Å². The number of methoxy groups -OCH3 is 4. The van der Waals surface area contributed by atoms with Crippen molar-refractivity contribution in [2.75, 3.05) is 48.1 Å². The number of aliphatic hydroxyl groups is 2. The number of hydrogen-bond donors (Lipinski definition) is 2. The number of ether oxygens (including phenoxy) is 5. The number of benzene rings is 1. The summed E-state index contributed by atoms with van der Waals surface area (Å²) in [7, 11) is 6.65. The fourth-order valence-corrected chi connectivity index (χ4v) is 12.6. The van der Waals surface area contributed by atoms with E-state index in [1.165, 1.54) is 31.4 Å². The zero-order valence-corrected chi connectivity index (χ0v) is 27.6. The molecule has 7 bridgehead atoms. The van der Waals surface area contributed by atoms with Gasteiger partial charge in [0.05, 0.1) is 36.1 Å². The molecule has 5 saturated carbocycles. The summed E-state index contributed by atoms with van der Waals surface area (Å²) in [5.41, 5.74) is -8.25. The maximum Gasteiger partial charge on any atom is 0.446 e. The lowest BCUT2D eigenvalue weighted by molar-refractivity contribution is -0.283. The number of piperidine rings is 1. The molecule has 13 heteroatoms. The van der Waals surface area contributed by atoms with Crippen LogP contribution in [0.5, 0.6) is 0 Å². The first-order valence-electron chi connectivity index (χ1n) is 16.1. The van der Waals surface area contributed by atoms with E-state index in [1.807, 2.05) is 0 Å². The predicted molar refractivity (Wildman–Crippen MR) is 160 cm³/mol. The quantitative estimate of drug-likeness (QED) is 0.298. The fraction of sp³-hybridized carbons (Fsp3) is 0.788. The average molecular weight is 672 g/mol. The highest BCUT2D eigenvalue weighted by atomic mass is 32.2. The SMILES string of the molecule is CCN1C[C@]2(COC)CCC(OC)[C@@]34[C@@H]5C[C@@]6(O)[C@@H](OC)C[C@@](O)([C@H]5[C@H]6OC(=O)c5ccc(SC(F)(F)F)cc5)[C@@H]([C@H](OC)[C@H]23)[C@@H]14. The van der Waals surface area contributed by atoms with Gasteiger partial charge in [-0.1, -0.05) is 6.92 Å². The van der Waals surface area contributed by atoms with Crippen molar-refractivity contribution in [2.45, 2.75) is 84.7 Å². The maximum absolute atomic E-state index is 13.7. The molecule has 5 aliphatic carbocycles. The molecule has 0 amide bonds. The van der Waals surface area contributed by atoms with Gasteiger partial charge < -0.3 is 33.9 Å². The van der Waals surface area contributed by atoms with Crippen LogP contribution < -0.4 is 0 Å². The Balaban J connectivity index is 1.35. The van der Waals surface area contributed by atoms with Crippen molar-refractivity contribution in [1.82, 2.24) is 4.90 Å². The Morgan fingerprint density at radius 2 is 1.70 bits per heavy atom. The molecule has 46 heavy (non-hydrogen) atoms. The molecule has 1 unspecified atom stereocenters. The van der Waals surface area contributed by atoms with Gasteiger partial charge in [-0.2, -0.15) is 13.2 Å². The van der Waals surface area contributed by atoms with E-state index in [1.54, 1.807) is 21.3 Å². The summed E-state index contributed by atoms with van der Waals surface area (Å²) in [6, 6.07) is 4.93. The van der Waals surface area contributed by atoms with Gasteiger partial charge >= 0.3 is 11.5 Å². The Bertz CT molecular complexity index is 1350. The molecule has 1 spiro atoms. The highest BCUT2D eigenvalue weighted by Crippen LogP contribution is 2.80. The molecular weight excluding hydrogens is 627 g/mol. The van der Waals surface area contributed by atoms with E-state index < -0.39 is 52.1 Å². The number of carbonyl (C=O) groups excluding carboxylic acids is 1. The number of halogens is 3.